The Morgan fingerprint density at radius 2 is 1.93 bits per heavy atom. The quantitative estimate of drug-likeness (QED) is 0.712. The second kappa shape index (κ2) is 4.42. The molecule has 3 heteroatoms. The molecule has 0 aliphatic carbocycles. The molecule has 1 rings (SSSR count). The van der Waals surface area contributed by atoms with Crippen LogP contribution in [0.25, 0.3) is 0 Å². The van der Waals surface area contributed by atoms with Crippen LogP contribution < -0.4 is 0 Å². The van der Waals surface area contributed by atoms with Crippen molar-refractivity contribution >= 4 is 9.84 Å². The van der Waals surface area contributed by atoms with Gasteiger partial charge >= 0.3 is 0 Å². The zero-order valence-corrected chi connectivity index (χ0v) is 9.00. The molecule has 0 aromatic heterocycles. The molecule has 0 bridgehead atoms. The lowest BCUT2D eigenvalue weighted by molar-refractivity contribution is 0.599. The molecule has 1 atom stereocenters. The lowest BCUT2D eigenvalue weighted by Crippen LogP contribution is -2.11. The first kappa shape index (κ1) is 11.0. The average Bonchev–Trinajstić information content (AvgIpc) is 2.14. The highest BCUT2D eigenvalue weighted by Crippen LogP contribution is 2.17. The molecule has 0 amide bonds. The van der Waals surface area contributed by atoms with Gasteiger partial charge < -0.3 is 0 Å². The van der Waals surface area contributed by atoms with E-state index >= 15 is 0 Å². The highest BCUT2D eigenvalue weighted by Gasteiger charge is 2.13. The SMILES string of the molecule is C=CC(CS(C)(=O)=O)c1ccccc1. The lowest BCUT2D eigenvalue weighted by atomic mass is 10.0. The van der Waals surface area contributed by atoms with Gasteiger partial charge in [0.05, 0.1) is 5.75 Å². The topological polar surface area (TPSA) is 34.1 Å². The molecule has 0 fully saturated rings. The molecule has 0 N–H and O–H groups in total. The van der Waals surface area contributed by atoms with E-state index in [9.17, 15) is 8.42 Å². The Morgan fingerprint density at radius 1 is 1.36 bits per heavy atom. The van der Waals surface area contributed by atoms with Crippen LogP contribution >= 0.6 is 0 Å². The van der Waals surface area contributed by atoms with Gasteiger partial charge in [0.15, 0.2) is 0 Å². The number of rotatable bonds is 4. The van der Waals surface area contributed by atoms with Gasteiger partial charge in [-0.2, -0.15) is 0 Å². The van der Waals surface area contributed by atoms with Gasteiger partial charge in [-0.3, -0.25) is 0 Å². The van der Waals surface area contributed by atoms with Crippen LogP contribution in [-0.4, -0.2) is 20.4 Å². The predicted molar refractivity (Wildman–Crippen MR) is 59.1 cm³/mol. The number of benzene rings is 1. The van der Waals surface area contributed by atoms with E-state index in [-0.39, 0.29) is 11.7 Å². The third-order valence-corrected chi connectivity index (χ3v) is 2.96. The smallest absolute Gasteiger partial charge is 0.148 e. The maximum atomic E-state index is 11.1. The lowest BCUT2D eigenvalue weighted by Gasteiger charge is -2.10. The zero-order chi connectivity index (χ0) is 10.6. The minimum absolute atomic E-state index is 0.105. The number of hydrogen-bond donors (Lipinski definition) is 0. The Labute approximate surface area is 85.2 Å². The predicted octanol–water partition coefficient (Wildman–Crippen LogP) is 2.00. The van der Waals surface area contributed by atoms with Gasteiger partial charge in [0, 0.05) is 12.2 Å². The largest absolute Gasteiger partial charge is 0.229 e. The van der Waals surface area contributed by atoms with Crippen molar-refractivity contribution in [1.82, 2.24) is 0 Å². The summed E-state index contributed by atoms with van der Waals surface area (Å²) in [5.41, 5.74) is 0.993. The van der Waals surface area contributed by atoms with E-state index in [1.165, 1.54) is 6.26 Å². The molecule has 0 saturated carbocycles. The summed E-state index contributed by atoms with van der Waals surface area (Å²) < 4.78 is 22.3. The molecular weight excluding hydrogens is 196 g/mol. The van der Waals surface area contributed by atoms with Gasteiger partial charge in [-0.25, -0.2) is 8.42 Å². The van der Waals surface area contributed by atoms with E-state index in [0.717, 1.165) is 5.56 Å². The van der Waals surface area contributed by atoms with Crippen molar-refractivity contribution in [3.05, 3.63) is 48.6 Å². The van der Waals surface area contributed by atoms with Crippen molar-refractivity contribution in [3.63, 3.8) is 0 Å². The molecule has 0 heterocycles. The average molecular weight is 210 g/mol. The third-order valence-electron chi connectivity index (χ3n) is 1.99. The first-order chi connectivity index (χ1) is 6.53. The summed E-state index contributed by atoms with van der Waals surface area (Å²) in [6, 6.07) is 9.53. The summed E-state index contributed by atoms with van der Waals surface area (Å²) in [6.45, 7) is 3.66. The molecule has 76 valence electrons. The molecule has 0 aliphatic heterocycles. The summed E-state index contributed by atoms with van der Waals surface area (Å²) in [5.74, 6) is 0.0201. The van der Waals surface area contributed by atoms with Crippen LogP contribution in [0.1, 0.15) is 11.5 Å². The van der Waals surface area contributed by atoms with Crippen molar-refractivity contribution in [1.29, 1.82) is 0 Å². The van der Waals surface area contributed by atoms with Gasteiger partial charge in [-0.15, -0.1) is 6.58 Å². The second-order valence-electron chi connectivity index (χ2n) is 3.35. The molecule has 1 unspecified atom stereocenters. The van der Waals surface area contributed by atoms with Gasteiger partial charge in [-0.05, 0) is 5.56 Å². The maximum absolute atomic E-state index is 11.1. The van der Waals surface area contributed by atoms with E-state index in [1.807, 2.05) is 30.3 Å². The Kier molecular flexibility index (Phi) is 3.47. The fraction of sp³-hybridized carbons (Fsp3) is 0.273. The van der Waals surface area contributed by atoms with Gasteiger partial charge in [0.25, 0.3) is 0 Å². The van der Waals surface area contributed by atoms with Gasteiger partial charge in [0.1, 0.15) is 9.84 Å². The van der Waals surface area contributed by atoms with Gasteiger partial charge in [0.2, 0.25) is 0 Å². The molecular formula is C11H14O2S. The first-order valence-corrected chi connectivity index (χ1v) is 6.44. The number of sulfone groups is 1. The molecule has 14 heavy (non-hydrogen) atoms. The molecule has 0 spiro atoms. The van der Waals surface area contributed by atoms with Crippen molar-refractivity contribution in [2.75, 3.05) is 12.0 Å². The van der Waals surface area contributed by atoms with E-state index in [4.69, 9.17) is 0 Å². The van der Waals surface area contributed by atoms with Crippen molar-refractivity contribution < 1.29 is 8.42 Å². The number of hydrogen-bond acceptors (Lipinski definition) is 2. The van der Waals surface area contributed by atoms with Crippen molar-refractivity contribution in [2.45, 2.75) is 5.92 Å². The Bertz CT molecular complexity index is 393. The number of allylic oxidation sites excluding steroid dienone is 1. The molecule has 0 radical (unpaired) electrons. The van der Waals surface area contributed by atoms with Crippen LogP contribution in [0, 0.1) is 0 Å². The van der Waals surface area contributed by atoms with Crippen LogP contribution in [0.2, 0.25) is 0 Å². The molecule has 0 aliphatic rings. The molecule has 0 saturated heterocycles. The van der Waals surface area contributed by atoms with Crippen LogP contribution in [0.5, 0.6) is 0 Å². The van der Waals surface area contributed by atoms with E-state index in [0.29, 0.717) is 0 Å². The minimum atomic E-state index is -2.95. The standard InChI is InChI=1S/C11H14O2S/c1-3-10(9-14(2,12)13)11-7-5-4-6-8-11/h3-8,10H,1,9H2,2H3. The maximum Gasteiger partial charge on any atom is 0.148 e. The summed E-state index contributed by atoms with van der Waals surface area (Å²) in [4.78, 5) is 0. The summed E-state index contributed by atoms with van der Waals surface area (Å²) in [5, 5.41) is 0. The summed E-state index contributed by atoms with van der Waals surface area (Å²) >= 11 is 0. The fourth-order valence-electron chi connectivity index (χ4n) is 1.33. The Hall–Kier alpha value is -1.09. The normalized spacial score (nSPS) is 13.5. The first-order valence-electron chi connectivity index (χ1n) is 4.38. The van der Waals surface area contributed by atoms with Crippen molar-refractivity contribution in [2.24, 2.45) is 0 Å². The van der Waals surface area contributed by atoms with Crippen molar-refractivity contribution in [3.8, 4) is 0 Å². The third kappa shape index (κ3) is 3.34. The van der Waals surface area contributed by atoms with Crippen LogP contribution in [-0.2, 0) is 9.84 Å². The molecule has 1 aromatic carbocycles. The Balaban J connectivity index is 2.89. The van der Waals surface area contributed by atoms with Crippen LogP contribution in [0.4, 0.5) is 0 Å². The highest BCUT2D eigenvalue weighted by molar-refractivity contribution is 7.90. The minimum Gasteiger partial charge on any atom is -0.229 e. The summed E-state index contributed by atoms with van der Waals surface area (Å²) in [7, 11) is -2.95. The molecule has 2 nitrogen and oxygen atoms in total. The molecule has 1 aromatic rings. The van der Waals surface area contributed by atoms with E-state index in [1.54, 1.807) is 6.08 Å². The van der Waals surface area contributed by atoms with Gasteiger partial charge in [-0.1, -0.05) is 36.4 Å². The van der Waals surface area contributed by atoms with E-state index < -0.39 is 9.84 Å². The van der Waals surface area contributed by atoms with Crippen LogP contribution in [0.3, 0.4) is 0 Å². The Morgan fingerprint density at radius 3 is 2.36 bits per heavy atom. The zero-order valence-electron chi connectivity index (χ0n) is 8.18. The second-order valence-corrected chi connectivity index (χ2v) is 5.53. The van der Waals surface area contributed by atoms with E-state index in [2.05, 4.69) is 6.58 Å². The summed E-state index contributed by atoms with van der Waals surface area (Å²) in [6.07, 6.45) is 2.92. The fourth-order valence-corrected chi connectivity index (χ4v) is 2.31. The highest BCUT2D eigenvalue weighted by atomic mass is 32.2. The monoisotopic (exact) mass is 210 g/mol. The van der Waals surface area contributed by atoms with Crippen LogP contribution in [0.15, 0.2) is 43.0 Å².